The number of carbonyl (C=O) groups is 1. The highest BCUT2D eigenvalue weighted by Gasteiger charge is 2.63. The number of rotatable bonds is 7. The first-order chi connectivity index (χ1) is 20.7. The Bertz CT molecular complexity index is 1420. The van der Waals surface area contributed by atoms with Crippen LogP contribution in [0, 0.1) is 11.3 Å². The first-order valence-corrected chi connectivity index (χ1v) is 15.8. The van der Waals surface area contributed by atoms with Gasteiger partial charge in [0.1, 0.15) is 0 Å². The second-order valence-corrected chi connectivity index (χ2v) is 15.4. The molecule has 8 nitrogen and oxygen atoms in total. The van der Waals surface area contributed by atoms with Crippen molar-refractivity contribution in [3.63, 3.8) is 0 Å². The fraction of sp³-hybridized carbons (Fsp3) is 0.719. The molecule has 246 valence electrons. The molecule has 1 amide bonds. The number of aromatic nitrogens is 2. The van der Waals surface area contributed by atoms with Gasteiger partial charge in [-0.15, -0.1) is 0 Å². The second-order valence-electron chi connectivity index (χ2n) is 15.4. The minimum atomic E-state index is -4.80. The summed E-state index contributed by atoms with van der Waals surface area (Å²) in [6.45, 7) is 10.9. The van der Waals surface area contributed by atoms with Crippen LogP contribution in [0.1, 0.15) is 105 Å². The molecule has 1 N–H and O–H groups in total. The maximum absolute atomic E-state index is 14.5. The number of carbonyl (C=O) groups excluding carboxylic acids is 1. The lowest BCUT2D eigenvalue weighted by Crippen LogP contribution is -2.60. The van der Waals surface area contributed by atoms with E-state index in [4.69, 9.17) is 13.8 Å². The van der Waals surface area contributed by atoms with Crippen LogP contribution < -0.4 is 10.4 Å². The number of fused-ring (bicyclic) bond motifs is 3. The molecule has 7 rings (SSSR count). The van der Waals surface area contributed by atoms with Gasteiger partial charge in [0, 0.05) is 23.6 Å². The van der Waals surface area contributed by atoms with E-state index >= 15 is 0 Å². The molecular weight excluding hydrogens is 593 g/mol. The lowest BCUT2D eigenvalue weighted by molar-refractivity contribution is -0.295. The van der Waals surface area contributed by atoms with Crippen LogP contribution >= 0.6 is 0 Å². The number of anilines is 1. The predicted molar refractivity (Wildman–Crippen MR) is 158 cm³/mol. The van der Waals surface area contributed by atoms with E-state index in [0.717, 1.165) is 38.5 Å². The van der Waals surface area contributed by atoms with Gasteiger partial charge in [0.25, 0.3) is 5.89 Å². The van der Waals surface area contributed by atoms with Gasteiger partial charge in [-0.05, 0) is 116 Å². The van der Waals surface area contributed by atoms with E-state index in [2.05, 4.69) is 10.1 Å². The Morgan fingerprint density at radius 3 is 2.09 bits per heavy atom. The summed E-state index contributed by atoms with van der Waals surface area (Å²) in [5.41, 5.74) is -5.10. The number of nitrogens with zero attached hydrogens (tertiary/aromatic N) is 3. The molecule has 5 fully saturated rings. The van der Waals surface area contributed by atoms with E-state index in [1.54, 1.807) is 17.0 Å². The van der Waals surface area contributed by atoms with Gasteiger partial charge in [0.15, 0.2) is 17.1 Å². The summed E-state index contributed by atoms with van der Waals surface area (Å²) in [6, 6.07) is 7.26. The molecule has 5 aliphatic rings. The quantitative estimate of drug-likeness (QED) is 0.299. The van der Waals surface area contributed by atoms with Crippen molar-refractivity contribution in [1.29, 1.82) is 0 Å². The summed E-state index contributed by atoms with van der Waals surface area (Å²) >= 11 is 0. The third-order valence-electron chi connectivity index (χ3n) is 11.3. The summed E-state index contributed by atoms with van der Waals surface area (Å²) < 4.78 is 72.7. The van der Waals surface area contributed by atoms with Crippen molar-refractivity contribution in [2.45, 2.75) is 127 Å². The molecule has 2 heterocycles. The van der Waals surface area contributed by atoms with Crippen LogP contribution in [0.4, 0.5) is 23.2 Å². The number of halogens is 4. The van der Waals surface area contributed by atoms with E-state index in [-0.39, 0.29) is 16.7 Å². The monoisotopic (exact) mass is 635 g/mol. The Kier molecular flexibility index (Phi) is 7.39. The van der Waals surface area contributed by atoms with Crippen LogP contribution in [-0.4, -0.2) is 57.8 Å². The minimum absolute atomic E-state index is 0.0488. The fourth-order valence-corrected chi connectivity index (χ4v) is 7.35. The maximum atomic E-state index is 14.5. The van der Waals surface area contributed by atoms with E-state index in [0.29, 0.717) is 23.5 Å². The normalized spacial score (nSPS) is 32.4. The van der Waals surface area contributed by atoms with Crippen molar-refractivity contribution >= 4 is 24.2 Å². The van der Waals surface area contributed by atoms with Crippen molar-refractivity contribution in [2.24, 2.45) is 11.3 Å². The number of alkyl halides is 4. The standard InChI is InChI=1S/C32H42BF4N3O5/c1-26(2,34)25-38-24(39-43-25)30-13-10-29(11-14-30,12-15-30)19-40(23(41)20-17-31(42,18-20)32(35,36)37)22-9-7-8-21(16-22)33-44-27(3,4)28(5,6)45-33/h7-9,16,20,42H,10-15,17-19H2,1-6H3/t20-,29?,30?,31+. The topological polar surface area (TPSA) is 97.9 Å². The van der Waals surface area contributed by atoms with Gasteiger partial charge in [-0.25, -0.2) is 4.39 Å². The van der Waals surface area contributed by atoms with Gasteiger partial charge in [0.05, 0.1) is 11.2 Å². The zero-order valence-electron chi connectivity index (χ0n) is 26.8. The van der Waals surface area contributed by atoms with E-state index in [1.807, 2.05) is 39.8 Å². The number of amides is 1. The van der Waals surface area contributed by atoms with Crippen LogP contribution in [0.2, 0.25) is 0 Å². The highest BCUT2D eigenvalue weighted by molar-refractivity contribution is 6.62. The zero-order chi connectivity index (χ0) is 32.8. The van der Waals surface area contributed by atoms with Crippen molar-refractivity contribution in [3.05, 3.63) is 36.0 Å². The Labute approximate surface area is 261 Å². The van der Waals surface area contributed by atoms with E-state index < -0.39 is 60.4 Å². The first kappa shape index (κ1) is 32.4. The fourth-order valence-electron chi connectivity index (χ4n) is 7.35. The summed E-state index contributed by atoms with van der Waals surface area (Å²) in [6.07, 6.45) is -1.71. The maximum Gasteiger partial charge on any atom is 0.494 e. The number of benzene rings is 1. The highest BCUT2D eigenvalue weighted by Crippen LogP contribution is 2.58. The van der Waals surface area contributed by atoms with Gasteiger partial charge in [-0.2, -0.15) is 18.2 Å². The average molecular weight is 636 g/mol. The van der Waals surface area contributed by atoms with Gasteiger partial charge >= 0.3 is 13.3 Å². The molecule has 1 aromatic carbocycles. The van der Waals surface area contributed by atoms with Crippen LogP contribution in [0.5, 0.6) is 0 Å². The molecule has 0 atom stereocenters. The smallest absolute Gasteiger partial charge is 0.399 e. The summed E-state index contributed by atoms with van der Waals surface area (Å²) in [4.78, 5) is 20.1. The molecule has 45 heavy (non-hydrogen) atoms. The van der Waals surface area contributed by atoms with E-state index in [9.17, 15) is 27.5 Å². The lowest BCUT2D eigenvalue weighted by Gasteiger charge is -2.54. The predicted octanol–water partition coefficient (Wildman–Crippen LogP) is 5.90. The van der Waals surface area contributed by atoms with Crippen molar-refractivity contribution in [3.8, 4) is 0 Å². The molecule has 1 aromatic heterocycles. The molecule has 4 aliphatic carbocycles. The average Bonchev–Trinajstić information content (AvgIpc) is 3.53. The third-order valence-corrected chi connectivity index (χ3v) is 11.3. The third kappa shape index (κ3) is 5.50. The zero-order valence-corrected chi connectivity index (χ0v) is 26.8. The van der Waals surface area contributed by atoms with Gasteiger partial charge in [-0.1, -0.05) is 17.3 Å². The van der Waals surface area contributed by atoms with Crippen LogP contribution in [0.15, 0.2) is 28.8 Å². The molecule has 1 saturated heterocycles. The van der Waals surface area contributed by atoms with E-state index in [1.165, 1.54) is 13.8 Å². The first-order valence-electron chi connectivity index (χ1n) is 15.8. The van der Waals surface area contributed by atoms with Crippen molar-refractivity contribution in [2.75, 3.05) is 11.4 Å². The highest BCUT2D eigenvalue weighted by atomic mass is 19.4. The molecular formula is C32H42BF4N3O5. The van der Waals surface area contributed by atoms with Gasteiger partial charge in [-0.3, -0.25) is 4.79 Å². The molecule has 1 aliphatic heterocycles. The number of hydrogen-bond acceptors (Lipinski definition) is 7. The molecule has 0 radical (unpaired) electrons. The number of aliphatic hydroxyl groups is 1. The van der Waals surface area contributed by atoms with Crippen molar-refractivity contribution in [1.82, 2.24) is 10.1 Å². The second kappa shape index (κ2) is 10.2. The minimum Gasteiger partial charge on any atom is -0.399 e. The summed E-state index contributed by atoms with van der Waals surface area (Å²) in [5, 5.41) is 14.3. The molecule has 0 spiro atoms. The van der Waals surface area contributed by atoms with Crippen molar-refractivity contribution < 1.29 is 41.3 Å². The SMILES string of the molecule is CC(C)(F)c1nc(C23CCC(CN(c4cccc(B5OC(C)(C)C(C)(C)O5)c4)C(=O)[C@H]4C[C@](O)(C(F)(F)F)C4)(CC2)CC3)no1. The molecule has 2 bridgehead atoms. The summed E-state index contributed by atoms with van der Waals surface area (Å²) in [7, 11) is -0.678. The molecule has 13 heteroatoms. The van der Waals surface area contributed by atoms with Crippen LogP contribution in [-0.2, 0) is 25.2 Å². The molecule has 0 unspecified atom stereocenters. The van der Waals surface area contributed by atoms with Gasteiger partial charge < -0.3 is 23.8 Å². The Hall–Kier alpha value is -2.51. The lowest BCUT2D eigenvalue weighted by atomic mass is 9.53. The Balaban J connectivity index is 1.26. The van der Waals surface area contributed by atoms with Gasteiger partial charge in [0.2, 0.25) is 5.91 Å². The molecule has 4 saturated carbocycles. The largest absolute Gasteiger partial charge is 0.494 e. The number of hydrogen-bond donors (Lipinski definition) is 1. The van der Waals surface area contributed by atoms with Crippen LogP contribution in [0.3, 0.4) is 0 Å². The Morgan fingerprint density at radius 1 is 1.00 bits per heavy atom. The molecule has 2 aromatic rings. The Morgan fingerprint density at radius 2 is 1.58 bits per heavy atom. The van der Waals surface area contributed by atoms with Crippen LogP contribution in [0.25, 0.3) is 0 Å². The summed E-state index contributed by atoms with van der Waals surface area (Å²) in [5.74, 6) is -0.922.